The molecule has 0 radical (unpaired) electrons. The number of esters is 2. The summed E-state index contributed by atoms with van der Waals surface area (Å²) in [6.45, 7) is 3.13. The lowest BCUT2D eigenvalue weighted by Crippen LogP contribution is -2.54. The van der Waals surface area contributed by atoms with E-state index in [0.717, 1.165) is 6.26 Å². The number of ether oxygens (including phenoxy) is 3. The molecule has 7 nitrogen and oxygen atoms in total. The van der Waals surface area contributed by atoms with Crippen LogP contribution < -0.4 is 0 Å². The largest absolute Gasteiger partial charge is 0.482 e. The quantitative estimate of drug-likeness (QED) is 0.515. The molecule has 1 N–H and O–H groups in total. The summed E-state index contributed by atoms with van der Waals surface area (Å²) in [6.07, 6.45) is -0.543. The molecule has 0 saturated heterocycles. The van der Waals surface area contributed by atoms with Gasteiger partial charge in [0.1, 0.15) is 0 Å². The average Bonchev–Trinajstić information content (AvgIpc) is 2.68. The Labute approximate surface area is 103 Å². The zero-order chi connectivity index (χ0) is 13.8. The summed E-state index contributed by atoms with van der Waals surface area (Å²) in [5.74, 6) is -2.07. The van der Waals surface area contributed by atoms with Gasteiger partial charge in [-0.1, -0.05) is 0 Å². The molecule has 7 heteroatoms. The topological polar surface area (TPSA) is 99.1 Å². The van der Waals surface area contributed by atoms with Crippen LogP contribution in [0.5, 0.6) is 0 Å². The summed E-state index contributed by atoms with van der Waals surface area (Å²) in [4.78, 5) is 34.1. The van der Waals surface area contributed by atoms with Crippen LogP contribution in [0.3, 0.4) is 0 Å². The van der Waals surface area contributed by atoms with Gasteiger partial charge in [0, 0.05) is 0 Å². The molecule has 0 aromatic rings. The first-order valence-corrected chi connectivity index (χ1v) is 5.39. The maximum atomic E-state index is 11.7. The third-order valence-electron chi connectivity index (χ3n) is 2.36. The Bertz CT molecular complexity index is 387. The monoisotopic (exact) mass is 258 g/mol. The van der Waals surface area contributed by atoms with E-state index in [9.17, 15) is 19.5 Å². The second-order valence-electron chi connectivity index (χ2n) is 3.45. The van der Waals surface area contributed by atoms with E-state index in [1.807, 2.05) is 0 Å². The molecule has 0 aromatic carbocycles. The third-order valence-corrected chi connectivity index (χ3v) is 2.36. The molecule has 1 aliphatic rings. The fourth-order valence-corrected chi connectivity index (χ4v) is 1.51. The van der Waals surface area contributed by atoms with E-state index in [0.29, 0.717) is 0 Å². The summed E-state index contributed by atoms with van der Waals surface area (Å²) >= 11 is 0. The van der Waals surface area contributed by atoms with Crippen LogP contribution >= 0.6 is 0 Å². The van der Waals surface area contributed by atoms with Gasteiger partial charge >= 0.3 is 11.9 Å². The molecule has 0 saturated carbocycles. The predicted octanol–water partition coefficient (Wildman–Crippen LogP) is -0.675. The molecule has 0 bridgehead atoms. The number of carbonyl (C=O) groups excluding carboxylic acids is 3. The van der Waals surface area contributed by atoms with Crippen LogP contribution in [-0.4, -0.2) is 48.3 Å². The molecule has 0 unspecified atom stereocenters. The second kappa shape index (κ2) is 5.63. The first-order chi connectivity index (χ1) is 8.52. The number of aldehydes is 1. The van der Waals surface area contributed by atoms with E-state index < -0.39 is 23.6 Å². The molecule has 1 heterocycles. The van der Waals surface area contributed by atoms with Crippen molar-refractivity contribution in [3.05, 3.63) is 11.8 Å². The Balaban J connectivity index is 3.04. The molecule has 0 spiro atoms. The molecular weight excluding hydrogens is 244 g/mol. The Morgan fingerprint density at radius 1 is 1.44 bits per heavy atom. The summed E-state index contributed by atoms with van der Waals surface area (Å²) < 4.78 is 14.1. The van der Waals surface area contributed by atoms with Crippen LogP contribution in [-0.2, 0) is 28.6 Å². The Morgan fingerprint density at radius 2 is 2.06 bits per heavy atom. The van der Waals surface area contributed by atoms with Crippen LogP contribution in [0.2, 0.25) is 0 Å². The van der Waals surface area contributed by atoms with Crippen molar-refractivity contribution in [2.45, 2.75) is 25.6 Å². The molecule has 0 fully saturated rings. The molecule has 0 aromatic heterocycles. The predicted molar refractivity (Wildman–Crippen MR) is 57.2 cm³/mol. The lowest BCUT2D eigenvalue weighted by atomic mass is 9.91. The minimum absolute atomic E-state index is 0.0111. The molecular formula is C11H14O7. The normalized spacial score (nSPS) is 25.9. The van der Waals surface area contributed by atoms with E-state index in [1.54, 1.807) is 6.92 Å². The Morgan fingerprint density at radius 3 is 2.56 bits per heavy atom. The number of hydrogen-bond acceptors (Lipinski definition) is 7. The number of rotatable bonds is 5. The minimum Gasteiger partial charge on any atom is -0.482 e. The second-order valence-corrected chi connectivity index (χ2v) is 3.45. The van der Waals surface area contributed by atoms with Gasteiger partial charge in [-0.05, 0) is 13.8 Å². The highest BCUT2D eigenvalue weighted by Gasteiger charge is 2.58. The van der Waals surface area contributed by atoms with Crippen molar-refractivity contribution < 1.29 is 33.7 Å². The fraction of sp³-hybridized carbons (Fsp3) is 0.545. The molecule has 2 atom stereocenters. The smallest absolute Gasteiger partial charge is 0.351 e. The number of carbonyl (C=O) groups is 3. The van der Waals surface area contributed by atoms with Gasteiger partial charge in [-0.3, -0.25) is 4.79 Å². The van der Waals surface area contributed by atoms with E-state index in [1.165, 1.54) is 6.92 Å². The molecule has 1 aliphatic heterocycles. The van der Waals surface area contributed by atoms with Crippen LogP contribution in [0, 0.1) is 0 Å². The lowest BCUT2D eigenvalue weighted by Gasteiger charge is -2.25. The van der Waals surface area contributed by atoms with Crippen molar-refractivity contribution in [1.82, 2.24) is 0 Å². The SMILES string of the molecule is CCOC(=O)[C@H]1OC=C(C=O)[C@]1(O)C(=O)OCC. The van der Waals surface area contributed by atoms with Crippen LogP contribution in [0.25, 0.3) is 0 Å². The molecule has 1 rings (SSSR count). The van der Waals surface area contributed by atoms with Gasteiger partial charge in [-0.2, -0.15) is 0 Å². The highest BCUT2D eigenvalue weighted by Crippen LogP contribution is 2.31. The van der Waals surface area contributed by atoms with Crippen molar-refractivity contribution in [2.24, 2.45) is 0 Å². The maximum absolute atomic E-state index is 11.7. The van der Waals surface area contributed by atoms with Gasteiger partial charge in [0.2, 0.25) is 11.7 Å². The van der Waals surface area contributed by atoms with Gasteiger partial charge < -0.3 is 19.3 Å². The molecule has 0 amide bonds. The summed E-state index contributed by atoms with van der Waals surface area (Å²) in [6, 6.07) is 0. The highest BCUT2D eigenvalue weighted by atomic mass is 16.6. The summed E-state index contributed by atoms with van der Waals surface area (Å²) in [7, 11) is 0. The maximum Gasteiger partial charge on any atom is 0.351 e. The average molecular weight is 258 g/mol. The van der Waals surface area contributed by atoms with E-state index in [-0.39, 0.29) is 25.1 Å². The van der Waals surface area contributed by atoms with E-state index in [2.05, 4.69) is 9.47 Å². The van der Waals surface area contributed by atoms with Crippen LogP contribution in [0.15, 0.2) is 11.8 Å². The zero-order valence-electron chi connectivity index (χ0n) is 10.0. The highest BCUT2D eigenvalue weighted by molar-refractivity contribution is 5.99. The molecule has 100 valence electrons. The van der Waals surface area contributed by atoms with E-state index >= 15 is 0 Å². The van der Waals surface area contributed by atoms with Gasteiger partial charge in [0.05, 0.1) is 25.0 Å². The Hall–Kier alpha value is -1.89. The summed E-state index contributed by atoms with van der Waals surface area (Å²) in [5.41, 5.74) is -2.83. The van der Waals surface area contributed by atoms with Gasteiger partial charge in [0.15, 0.2) is 6.29 Å². The van der Waals surface area contributed by atoms with E-state index in [4.69, 9.17) is 4.74 Å². The molecule has 18 heavy (non-hydrogen) atoms. The first kappa shape index (κ1) is 14.2. The Kier molecular flexibility index (Phi) is 4.43. The van der Waals surface area contributed by atoms with Crippen molar-refractivity contribution in [2.75, 3.05) is 13.2 Å². The third kappa shape index (κ3) is 2.21. The fourth-order valence-electron chi connectivity index (χ4n) is 1.51. The minimum atomic E-state index is -2.45. The van der Waals surface area contributed by atoms with Crippen LogP contribution in [0.4, 0.5) is 0 Å². The van der Waals surface area contributed by atoms with Gasteiger partial charge in [-0.25, -0.2) is 9.59 Å². The zero-order valence-corrected chi connectivity index (χ0v) is 10.0. The lowest BCUT2D eigenvalue weighted by molar-refractivity contribution is -0.180. The van der Waals surface area contributed by atoms with Gasteiger partial charge in [-0.15, -0.1) is 0 Å². The summed E-state index contributed by atoms with van der Waals surface area (Å²) in [5, 5.41) is 10.2. The standard InChI is InChI=1S/C11H14O7/c1-3-16-9(13)8-11(15,10(14)17-4-2)7(5-12)6-18-8/h5-6,8,15H,3-4H2,1-2H3/t8-,11-/m1/s1. The number of aliphatic hydroxyl groups is 1. The number of hydrogen-bond donors (Lipinski definition) is 1. The van der Waals surface area contributed by atoms with Crippen molar-refractivity contribution in [3.63, 3.8) is 0 Å². The van der Waals surface area contributed by atoms with Crippen molar-refractivity contribution in [3.8, 4) is 0 Å². The molecule has 0 aliphatic carbocycles. The van der Waals surface area contributed by atoms with Gasteiger partial charge in [0.25, 0.3) is 0 Å². The van der Waals surface area contributed by atoms with Crippen LogP contribution in [0.1, 0.15) is 13.8 Å². The first-order valence-electron chi connectivity index (χ1n) is 5.39. The van der Waals surface area contributed by atoms with Crippen molar-refractivity contribution in [1.29, 1.82) is 0 Å². The van der Waals surface area contributed by atoms with Crippen molar-refractivity contribution >= 4 is 18.2 Å².